The maximum Gasteiger partial charge on any atom is 0.180 e. The van der Waals surface area contributed by atoms with Crippen LogP contribution in [0.2, 0.25) is 5.02 Å². The zero-order valence-electron chi connectivity index (χ0n) is 10.3. The molecule has 0 aliphatic heterocycles. The van der Waals surface area contributed by atoms with Crippen molar-refractivity contribution in [1.82, 2.24) is 9.59 Å². The average molecular weight is 299 g/mol. The van der Waals surface area contributed by atoms with Crippen LogP contribution in [0.4, 0.5) is 4.39 Å². The fraction of sp³-hybridized carbons (Fsp3) is 0.308. The molecule has 2 aromatic rings. The number of benzene rings is 1. The van der Waals surface area contributed by atoms with Crippen LogP contribution in [0.25, 0.3) is 0 Å². The Morgan fingerprint density at radius 2 is 2.26 bits per heavy atom. The van der Waals surface area contributed by atoms with E-state index in [1.165, 1.54) is 18.2 Å². The van der Waals surface area contributed by atoms with E-state index in [2.05, 4.69) is 9.59 Å². The lowest BCUT2D eigenvalue weighted by atomic mass is 10.1. The summed E-state index contributed by atoms with van der Waals surface area (Å²) in [6.07, 6.45) is 1.68. The van der Waals surface area contributed by atoms with Gasteiger partial charge in [0.05, 0.1) is 5.69 Å². The molecule has 0 amide bonds. The van der Waals surface area contributed by atoms with Gasteiger partial charge in [-0.1, -0.05) is 29.4 Å². The van der Waals surface area contributed by atoms with Crippen molar-refractivity contribution < 1.29 is 9.18 Å². The van der Waals surface area contributed by atoms with Gasteiger partial charge in [0.2, 0.25) is 0 Å². The standard InChI is InChI=1S/C13H12ClFN2OS/c1-2-3-11-13(19-17-16-11)12(18)7-8-6-9(15)4-5-10(8)14/h4-6H,2-3,7H2,1H3. The maximum absolute atomic E-state index is 13.1. The number of aryl methyl sites for hydroxylation is 1. The normalized spacial score (nSPS) is 10.7. The molecule has 3 nitrogen and oxygen atoms in total. The second-order valence-electron chi connectivity index (χ2n) is 4.13. The first-order valence-electron chi connectivity index (χ1n) is 5.90. The molecule has 1 heterocycles. The van der Waals surface area contributed by atoms with Crippen LogP contribution in [-0.2, 0) is 12.8 Å². The van der Waals surface area contributed by atoms with Gasteiger partial charge >= 0.3 is 0 Å². The van der Waals surface area contributed by atoms with E-state index in [0.29, 0.717) is 27.6 Å². The highest BCUT2D eigenvalue weighted by Crippen LogP contribution is 2.21. The Balaban J connectivity index is 2.21. The fourth-order valence-corrected chi connectivity index (χ4v) is 2.58. The molecule has 0 radical (unpaired) electrons. The van der Waals surface area contributed by atoms with Gasteiger partial charge in [0.15, 0.2) is 5.78 Å². The van der Waals surface area contributed by atoms with Gasteiger partial charge in [-0.05, 0) is 41.7 Å². The Labute approximate surface area is 119 Å². The van der Waals surface area contributed by atoms with Crippen molar-refractivity contribution in [2.24, 2.45) is 0 Å². The summed E-state index contributed by atoms with van der Waals surface area (Å²) in [4.78, 5) is 12.7. The summed E-state index contributed by atoms with van der Waals surface area (Å²) in [6.45, 7) is 2.01. The van der Waals surface area contributed by atoms with Gasteiger partial charge in [-0.25, -0.2) is 4.39 Å². The van der Waals surface area contributed by atoms with E-state index in [9.17, 15) is 9.18 Å². The Hall–Kier alpha value is -1.33. The van der Waals surface area contributed by atoms with Crippen molar-refractivity contribution in [1.29, 1.82) is 0 Å². The summed E-state index contributed by atoms with van der Waals surface area (Å²) in [5.41, 5.74) is 1.20. The number of nitrogens with zero attached hydrogens (tertiary/aromatic N) is 2. The quantitative estimate of drug-likeness (QED) is 0.790. The van der Waals surface area contributed by atoms with Gasteiger partial charge in [-0.2, -0.15) is 0 Å². The minimum atomic E-state index is -0.400. The lowest BCUT2D eigenvalue weighted by Gasteiger charge is -2.03. The number of ketones is 1. The highest BCUT2D eigenvalue weighted by atomic mass is 35.5. The smallest absolute Gasteiger partial charge is 0.180 e. The summed E-state index contributed by atoms with van der Waals surface area (Å²) >= 11 is 7.04. The maximum atomic E-state index is 13.1. The molecular weight excluding hydrogens is 287 g/mol. The topological polar surface area (TPSA) is 42.9 Å². The fourth-order valence-electron chi connectivity index (χ4n) is 1.75. The third-order valence-electron chi connectivity index (χ3n) is 2.65. The van der Waals surface area contributed by atoms with Gasteiger partial charge in [-0.3, -0.25) is 4.79 Å². The van der Waals surface area contributed by atoms with Crippen LogP contribution in [0, 0.1) is 5.82 Å². The Morgan fingerprint density at radius 1 is 1.47 bits per heavy atom. The number of carbonyl (C=O) groups is 1. The van der Waals surface area contributed by atoms with Crippen LogP contribution >= 0.6 is 23.1 Å². The number of hydrogen-bond acceptors (Lipinski definition) is 4. The molecule has 0 N–H and O–H groups in total. The number of halogens is 2. The first-order chi connectivity index (χ1) is 9.11. The Kier molecular flexibility index (Phi) is 4.61. The summed E-state index contributed by atoms with van der Waals surface area (Å²) in [7, 11) is 0. The van der Waals surface area contributed by atoms with Crippen LogP contribution < -0.4 is 0 Å². The molecule has 0 atom stereocenters. The number of hydrogen-bond donors (Lipinski definition) is 0. The van der Waals surface area contributed by atoms with Gasteiger partial charge in [-0.15, -0.1) is 5.10 Å². The van der Waals surface area contributed by atoms with Gasteiger partial charge in [0.25, 0.3) is 0 Å². The predicted molar refractivity (Wildman–Crippen MR) is 73.3 cm³/mol. The zero-order valence-corrected chi connectivity index (χ0v) is 11.9. The molecule has 0 fully saturated rings. The van der Waals surface area contributed by atoms with E-state index in [1.54, 1.807) is 0 Å². The lowest BCUT2D eigenvalue weighted by molar-refractivity contribution is 0.0995. The predicted octanol–water partition coefficient (Wildman–Crippen LogP) is 3.71. The SMILES string of the molecule is CCCc1nnsc1C(=O)Cc1cc(F)ccc1Cl. The van der Waals surface area contributed by atoms with E-state index in [1.807, 2.05) is 6.92 Å². The van der Waals surface area contributed by atoms with E-state index in [-0.39, 0.29) is 12.2 Å². The van der Waals surface area contributed by atoms with Crippen molar-refractivity contribution >= 4 is 28.9 Å². The molecular formula is C13H12ClFN2OS. The van der Waals surface area contributed by atoms with Crippen molar-refractivity contribution in [3.63, 3.8) is 0 Å². The van der Waals surface area contributed by atoms with Crippen LogP contribution in [-0.4, -0.2) is 15.4 Å². The zero-order chi connectivity index (χ0) is 13.8. The minimum absolute atomic E-state index is 0.0666. The van der Waals surface area contributed by atoms with Crippen LogP contribution in [0.15, 0.2) is 18.2 Å². The monoisotopic (exact) mass is 298 g/mol. The number of rotatable bonds is 5. The van der Waals surface area contributed by atoms with Gasteiger partial charge < -0.3 is 0 Å². The first-order valence-corrected chi connectivity index (χ1v) is 7.05. The second kappa shape index (κ2) is 6.21. The molecule has 1 aromatic heterocycles. The van der Waals surface area contributed by atoms with Crippen molar-refractivity contribution in [2.45, 2.75) is 26.2 Å². The molecule has 0 saturated heterocycles. The van der Waals surface area contributed by atoms with Crippen molar-refractivity contribution in [3.8, 4) is 0 Å². The molecule has 19 heavy (non-hydrogen) atoms. The average Bonchev–Trinajstić information content (AvgIpc) is 2.82. The highest BCUT2D eigenvalue weighted by molar-refractivity contribution is 7.08. The molecule has 0 aliphatic carbocycles. The molecule has 0 saturated carbocycles. The molecule has 0 bridgehead atoms. The first kappa shape index (κ1) is 14.1. The van der Waals surface area contributed by atoms with Crippen molar-refractivity contribution in [2.75, 3.05) is 0 Å². The van der Waals surface area contributed by atoms with E-state index < -0.39 is 5.82 Å². The Morgan fingerprint density at radius 3 is 3.00 bits per heavy atom. The third kappa shape index (κ3) is 3.36. The van der Waals surface area contributed by atoms with Gasteiger partial charge in [0, 0.05) is 11.4 Å². The van der Waals surface area contributed by atoms with Gasteiger partial charge in [0.1, 0.15) is 10.7 Å². The molecule has 1 aromatic carbocycles. The molecule has 0 unspecified atom stereocenters. The minimum Gasteiger partial charge on any atom is -0.293 e. The van der Waals surface area contributed by atoms with Crippen LogP contribution in [0.3, 0.4) is 0 Å². The van der Waals surface area contributed by atoms with Crippen molar-refractivity contribution in [3.05, 3.63) is 45.2 Å². The summed E-state index contributed by atoms with van der Waals surface area (Å²) in [5, 5.41) is 4.34. The highest BCUT2D eigenvalue weighted by Gasteiger charge is 2.17. The second-order valence-corrected chi connectivity index (χ2v) is 5.30. The largest absolute Gasteiger partial charge is 0.293 e. The summed E-state index contributed by atoms with van der Waals surface area (Å²) < 4.78 is 17.0. The molecule has 0 aliphatic rings. The third-order valence-corrected chi connectivity index (χ3v) is 3.83. The summed E-state index contributed by atoms with van der Waals surface area (Å²) in [5.74, 6) is -0.519. The van der Waals surface area contributed by atoms with Crippen LogP contribution in [0.1, 0.15) is 34.3 Å². The lowest BCUT2D eigenvalue weighted by Crippen LogP contribution is -2.05. The molecule has 6 heteroatoms. The molecule has 0 spiro atoms. The number of carbonyl (C=O) groups excluding carboxylic acids is 1. The summed E-state index contributed by atoms with van der Waals surface area (Å²) in [6, 6.07) is 4.01. The molecule has 2 rings (SSSR count). The Bertz CT molecular complexity index is 600. The van der Waals surface area contributed by atoms with E-state index >= 15 is 0 Å². The van der Waals surface area contributed by atoms with E-state index in [0.717, 1.165) is 18.0 Å². The van der Waals surface area contributed by atoms with E-state index in [4.69, 9.17) is 11.6 Å². The number of Topliss-reactive ketones (excluding diaryl/α,β-unsaturated/α-hetero) is 1. The number of aromatic nitrogens is 2. The van der Waals surface area contributed by atoms with Crippen LogP contribution in [0.5, 0.6) is 0 Å². The molecule has 100 valence electrons.